The smallest absolute Gasteiger partial charge is 0.237 e. The number of likely N-dealkylation sites (tertiary alicyclic amines) is 1. The lowest BCUT2D eigenvalue weighted by atomic mass is 9.85. The van der Waals surface area contributed by atoms with Crippen molar-refractivity contribution in [3.05, 3.63) is 78.2 Å². The van der Waals surface area contributed by atoms with E-state index in [9.17, 15) is 9.59 Å². The van der Waals surface area contributed by atoms with E-state index < -0.39 is 5.41 Å². The van der Waals surface area contributed by atoms with Crippen LogP contribution in [0, 0.1) is 5.41 Å². The van der Waals surface area contributed by atoms with Crippen molar-refractivity contribution in [2.24, 2.45) is 5.41 Å². The number of rotatable bonds is 8. The molecule has 5 heterocycles. The van der Waals surface area contributed by atoms with E-state index in [0.29, 0.717) is 52.4 Å². The molecule has 228 valence electrons. The third-order valence-electron chi connectivity index (χ3n) is 9.38. The van der Waals surface area contributed by atoms with Crippen LogP contribution in [0.3, 0.4) is 0 Å². The van der Waals surface area contributed by atoms with Crippen LogP contribution in [0.25, 0.3) is 22.2 Å². The summed E-state index contributed by atoms with van der Waals surface area (Å²) in [5, 5.41) is 11.8. The van der Waals surface area contributed by atoms with Gasteiger partial charge in [0.2, 0.25) is 11.8 Å². The van der Waals surface area contributed by atoms with Crippen molar-refractivity contribution in [2.75, 3.05) is 70.9 Å². The number of allylic oxidation sites excluding steroid dienone is 4. The van der Waals surface area contributed by atoms with Crippen LogP contribution in [0.4, 0.5) is 5.69 Å². The first-order chi connectivity index (χ1) is 21.6. The van der Waals surface area contributed by atoms with Crippen LogP contribution in [0.1, 0.15) is 19.3 Å². The monoisotopic (exact) mass is 593 g/mol. The van der Waals surface area contributed by atoms with Crippen LogP contribution in [0.5, 0.6) is 0 Å². The molecule has 0 bridgehead atoms. The first-order valence-corrected chi connectivity index (χ1v) is 15.6. The fourth-order valence-electron chi connectivity index (χ4n) is 6.90. The number of morpholine rings is 1. The Morgan fingerprint density at radius 3 is 2.66 bits per heavy atom. The van der Waals surface area contributed by atoms with E-state index in [2.05, 4.69) is 54.6 Å². The third kappa shape index (κ3) is 5.97. The summed E-state index contributed by atoms with van der Waals surface area (Å²) in [6, 6.07) is 9.71. The average Bonchev–Trinajstić information content (AvgIpc) is 3.83. The molecule has 2 aromatic heterocycles. The zero-order valence-electron chi connectivity index (χ0n) is 25.0. The average molecular weight is 594 g/mol. The molecule has 2 fully saturated rings. The maximum atomic E-state index is 14.2. The fraction of sp³-hybridized carbons (Fsp3) is 0.412. The van der Waals surface area contributed by atoms with E-state index in [1.165, 1.54) is 11.1 Å². The third-order valence-corrected chi connectivity index (χ3v) is 9.38. The Balaban J connectivity index is 1.06. The number of nitrogens with zero attached hydrogens (tertiary/aromatic N) is 5. The van der Waals surface area contributed by atoms with Crippen molar-refractivity contribution in [3.8, 4) is 11.3 Å². The summed E-state index contributed by atoms with van der Waals surface area (Å²) < 4.78 is 5.59. The van der Waals surface area contributed by atoms with Crippen LogP contribution in [0.15, 0.2) is 78.2 Å². The van der Waals surface area contributed by atoms with Crippen molar-refractivity contribution in [3.63, 3.8) is 0 Å². The summed E-state index contributed by atoms with van der Waals surface area (Å²) in [4.78, 5) is 38.1. The van der Waals surface area contributed by atoms with E-state index in [0.717, 1.165) is 60.3 Å². The Morgan fingerprint density at radius 1 is 1.02 bits per heavy atom. The molecule has 1 unspecified atom stereocenters. The molecule has 0 saturated carbocycles. The van der Waals surface area contributed by atoms with E-state index >= 15 is 0 Å². The maximum absolute atomic E-state index is 14.2. The Hall–Kier alpha value is -4.12. The quantitative estimate of drug-likeness (QED) is 0.411. The Bertz CT molecular complexity index is 1620. The molecule has 2 saturated heterocycles. The van der Waals surface area contributed by atoms with Gasteiger partial charge in [0.25, 0.3) is 0 Å². The minimum Gasteiger partial charge on any atom is -0.379 e. The molecule has 0 radical (unpaired) electrons. The number of hydrogen-bond donors (Lipinski definition) is 2. The van der Waals surface area contributed by atoms with Crippen molar-refractivity contribution in [1.29, 1.82) is 0 Å². The summed E-state index contributed by atoms with van der Waals surface area (Å²) in [5.41, 5.74) is 5.43. The van der Waals surface area contributed by atoms with Gasteiger partial charge in [0, 0.05) is 68.3 Å². The molecule has 44 heavy (non-hydrogen) atoms. The molecule has 7 rings (SSSR count). The molecule has 4 aliphatic rings. The zero-order chi connectivity index (χ0) is 29.9. The number of aromatic nitrogens is 3. The number of carbonyl (C=O) groups is 2. The molecule has 3 aromatic rings. The van der Waals surface area contributed by atoms with Gasteiger partial charge in [-0.05, 0) is 67.3 Å². The number of nitrogens with one attached hydrogen (secondary N) is 2. The summed E-state index contributed by atoms with van der Waals surface area (Å²) >= 11 is 0. The number of benzene rings is 1. The standard InChI is InChI=1S/C34H39N7O3/c42-31(41-14-9-26(10-15-41)25-3-1-2-4-25)22-40-16-11-34(24-40,23-39-17-19-44-20-18-39)33(43)36-28-5-6-30-29(21-28)32(38-37-30)27-7-12-35-13-8-27/h1,3-9,12-13,21H,2,10-11,14-20,22-24H2,(H,36,43)(H,37,38). The predicted octanol–water partition coefficient (Wildman–Crippen LogP) is 3.63. The molecule has 1 aromatic carbocycles. The largest absolute Gasteiger partial charge is 0.379 e. The molecular weight excluding hydrogens is 554 g/mol. The van der Waals surface area contributed by atoms with E-state index in [4.69, 9.17) is 4.74 Å². The summed E-state index contributed by atoms with van der Waals surface area (Å²) in [6.07, 6.45) is 14.9. The topological polar surface area (TPSA) is 107 Å². The van der Waals surface area contributed by atoms with Gasteiger partial charge in [-0.2, -0.15) is 5.10 Å². The van der Waals surface area contributed by atoms with Gasteiger partial charge < -0.3 is 15.0 Å². The Morgan fingerprint density at radius 2 is 1.89 bits per heavy atom. The molecule has 10 nitrogen and oxygen atoms in total. The number of amides is 2. The highest BCUT2D eigenvalue weighted by molar-refractivity contribution is 6.00. The fourth-order valence-corrected chi connectivity index (χ4v) is 6.90. The van der Waals surface area contributed by atoms with Crippen molar-refractivity contribution in [2.45, 2.75) is 19.3 Å². The van der Waals surface area contributed by atoms with Crippen LogP contribution in [-0.2, 0) is 14.3 Å². The van der Waals surface area contributed by atoms with Gasteiger partial charge in [-0.1, -0.05) is 24.3 Å². The lowest BCUT2D eigenvalue weighted by Gasteiger charge is -2.36. The number of hydrogen-bond acceptors (Lipinski definition) is 7. The highest BCUT2D eigenvalue weighted by atomic mass is 16.5. The Labute approximate surface area is 257 Å². The molecule has 2 N–H and O–H groups in total. The zero-order valence-corrected chi connectivity index (χ0v) is 25.0. The van der Waals surface area contributed by atoms with Crippen LogP contribution in [-0.4, -0.2) is 107 Å². The SMILES string of the molecule is O=C(CN1CCC(CN2CCOCC2)(C(=O)Nc2ccc3[nH]nc(-c4ccncc4)c3c2)C1)N1CC=C(C2=CCC=C2)CC1. The molecular formula is C34H39N7O3. The Kier molecular flexibility index (Phi) is 8.12. The summed E-state index contributed by atoms with van der Waals surface area (Å²) in [6.45, 7) is 6.57. The van der Waals surface area contributed by atoms with E-state index in [1.54, 1.807) is 12.4 Å². The van der Waals surface area contributed by atoms with Crippen molar-refractivity contribution >= 4 is 28.4 Å². The first-order valence-electron chi connectivity index (χ1n) is 15.6. The summed E-state index contributed by atoms with van der Waals surface area (Å²) in [5.74, 6) is 0.128. The number of anilines is 1. The first kappa shape index (κ1) is 28.6. The van der Waals surface area contributed by atoms with Gasteiger partial charge in [-0.15, -0.1) is 0 Å². The van der Waals surface area contributed by atoms with Crippen LogP contribution in [0.2, 0.25) is 0 Å². The lowest BCUT2D eigenvalue weighted by Crippen LogP contribution is -2.51. The van der Waals surface area contributed by atoms with Gasteiger partial charge in [0.05, 0.1) is 30.7 Å². The summed E-state index contributed by atoms with van der Waals surface area (Å²) in [7, 11) is 0. The second-order valence-electron chi connectivity index (χ2n) is 12.3. The lowest BCUT2D eigenvalue weighted by molar-refractivity contribution is -0.133. The second kappa shape index (κ2) is 12.5. The number of ether oxygens (including phenoxy) is 1. The van der Waals surface area contributed by atoms with Crippen LogP contribution < -0.4 is 5.32 Å². The number of fused-ring (bicyclic) bond motifs is 1. The van der Waals surface area contributed by atoms with Gasteiger partial charge in [-0.3, -0.25) is 29.5 Å². The molecule has 3 aliphatic heterocycles. The van der Waals surface area contributed by atoms with Gasteiger partial charge >= 0.3 is 0 Å². The number of aromatic amines is 1. The van der Waals surface area contributed by atoms with E-state index in [-0.39, 0.29) is 11.8 Å². The minimum atomic E-state index is -0.632. The molecule has 1 atom stereocenters. The number of H-pyrrole nitrogens is 1. The molecule has 10 heteroatoms. The van der Waals surface area contributed by atoms with Crippen LogP contribution >= 0.6 is 0 Å². The highest BCUT2D eigenvalue weighted by Crippen LogP contribution is 2.35. The number of carbonyl (C=O) groups excluding carboxylic acids is 2. The van der Waals surface area contributed by atoms with E-state index in [1.807, 2.05) is 35.2 Å². The predicted molar refractivity (Wildman–Crippen MR) is 170 cm³/mol. The van der Waals surface area contributed by atoms with Crippen molar-refractivity contribution < 1.29 is 14.3 Å². The normalized spacial score (nSPS) is 22.8. The number of pyridine rings is 1. The highest BCUT2D eigenvalue weighted by Gasteiger charge is 2.46. The van der Waals surface area contributed by atoms with Gasteiger partial charge in [-0.25, -0.2) is 0 Å². The van der Waals surface area contributed by atoms with Crippen molar-refractivity contribution in [1.82, 2.24) is 29.9 Å². The van der Waals surface area contributed by atoms with Gasteiger partial charge in [0.1, 0.15) is 5.69 Å². The maximum Gasteiger partial charge on any atom is 0.237 e. The molecule has 2 amide bonds. The molecule has 0 spiro atoms. The second-order valence-corrected chi connectivity index (χ2v) is 12.3. The van der Waals surface area contributed by atoms with Gasteiger partial charge in [0.15, 0.2) is 0 Å². The molecule has 1 aliphatic carbocycles. The minimum absolute atomic E-state index is 0.00399.